The van der Waals surface area contributed by atoms with E-state index in [4.69, 9.17) is 9.47 Å². The van der Waals surface area contributed by atoms with Crippen LogP contribution in [0.15, 0.2) is 57.9 Å². The fourth-order valence-corrected chi connectivity index (χ4v) is 4.29. The second-order valence-electron chi connectivity index (χ2n) is 10.6. The van der Waals surface area contributed by atoms with Gasteiger partial charge in [-0.15, -0.1) is 0 Å². The van der Waals surface area contributed by atoms with Gasteiger partial charge in [-0.1, -0.05) is 61.8 Å². The van der Waals surface area contributed by atoms with Gasteiger partial charge in [0, 0.05) is 24.1 Å². The average molecular weight is 539 g/mol. The molecule has 0 aliphatic rings. The summed E-state index contributed by atoms with van der Waals surface area (Å²) in [7, 11) is 0. The molecular weight excluding hydrogens is 492 g/mol. The van der Waals surface area contributed by atoms with Crippen molar-refractivity contribution in [2.24, 2.45) is 0 Å². The van der Waals surface area contributed by atoms with Crippen molar-refractivity contribution in [3.63, 3.8) is 0 Å². The molecule has 0 aliphatic heterocycles. The molecule has 1 aromatic heterocycles. The number of fused-ring (bicyclic) bond motifs is 1. The van der Waals surface area contributed by atoms with Crippen LogP contribution >= 0.6 is 0 Å². The Morgan fingerprint density at radius 1 is 0.897 bits per heavy atom. The highest BCUT2D eigenvalue weighted by Crippen LogP contribution is 2.35. The van der Waals surface area contributed by atoms with Crippen molar-refractivity contribution in [3.05, 3.63) is 73.6 Å². The third-order valence-corrected chi connectivity index (χ3v) is 6.58. The number of rotatable bonds is 17. The lowest BCUT2D eigenvalue weighted by Gasteiger charge is -2.18. The van der Waals surface area contributed by atoms with Crippen molar-refractivity contribution < 1.29 is 14.4 Å². The van der Waals surface area contributed by atoms with Gasteiger partial charge in [0.05, 0.1) is 10.4 Å². The van der Waals surface area contributed by atoms with Crippen LogP contribution in [0.2, 0.25) is 0 Å². The van der Waals surface area contributed by atoms with Gasteiger partial charge in [-0.05, 0) is 72.1 Å². The number of nitro groups is 1. The quantitative estimate of drug-likeness (QED) is 0.0870. The largest absolute Gasteiger partial charge is 0.485 e. The molecule has 214 valence electrons. The zero-order chi connectivity index (χ0) is 28.8. The van der Waals surface area contributed by atoms with Crippen molar-refractivity contribution in [2.45, 2.75) is 99.5 Å². The van der Waals surface area contributed by atoms with Gasteiger partial charge in [-0.2, -0.15) is 0 Å². The molecule has 1 aromatic carbocycles. The molecule has 39 heavy (non-hydrogen) atoms. The molecule has 0 aliphatic carbocycles. The van der Waals surface area contributed by atoms with E-state index >= 15 is 0 Å². The summed E-state index contributed by atoms with van der Waals surface area (Å²) in [6, 6.07) is 4.58. The number of aromatic nitrogens is 1. The van der Waals surface area contributed by atoms with E-state index < -0.39 is 4.92 Å². The number of hydrogen-bond acceptors (Lipinski definition) is 5. The fraction of sp³-hybridized carbons (Fsp3) is 0.531. The monoisotopic (exact) mass is 538 g/mol. The Kier molecular flexibility index (Phi) is 13.5. The third kappa shape index (κ3) is 10.4. The summed E-state index contributed by atoms with van der Waals surface area (Å²) in [5, 5.41) is 12.2. The van der Waals surface area contributed by atoms with Crippen LogP contribution in [0.4, 0.5) is 5.69 Å². The molecule has 1 heterocycles. The van der Waals surface area contributed by atoms with E-state index in [1.165, 1.54) is 42.5 Å². The maximum atomic E-state index is 13.8. The fourth-order valence-electron chi connectivity index (χ4n) is 4.29. The molecule has 7 nitrogen and oxygen atoms in total. The van der Waals surface area contributed by atoms with Crippen LogP contribution in [0, 0.1) is 10.1 Å². The molecule has 0 saturated heterocycles. The zero-order valence-corrected chi connectivity index (χ0v) is 24.7. The van der Waals surface area contributed by atoms with Crippen LogP contribution in [0.5, 0.6) is 11.5 Å². The Balaban J connectivity index is 2.49. The number of nitro benzene ring substituents is 1. The highest BCUT2D eigenvalue weighted by molar-refractivity contribution is 5.89. The van der Waals surface area contributed by atoms with Gasteiger partial charge >= 0.3 is 0 Å². The minimum atomic E-state index is -0.435. The van der Waals surface area contributed by atoms with Crippen LogP contribution in [-0.2, 0) is 6.54 Å². The molecule has 7 heteroatoms. The first-order valence-corrected chi connectivity index (χ1v) is 14.2. The number of non-ortho nitro benzene ring substituents is 1. The topological polar surface area (TPSA) is 83.6 Å². The lowest BCUT2D eigenvalue weighted by molar-refractivity contribution is -0.384. The molecule has 0 radical (unpaired) electrons. The van der Waals surface area contributed by atoms with Gasteiger partial charge in [0.1, 0.15) is 13.2 Å². The van der Waals surface area contributed by atoms with Crippen LogP contribution in [0.25, 0.3) is 10.9 Å². The number of aryl methyl sites for hydroxylation is 1. The summed E-state index contributed by atoms with van der Waals surface area (Å²) in [6.07, 6.45) is 14.4. The maximum Gasteiger partial charge on any atom is 0.297 e. The number of pyridine rings is 1. The van der Waals surface area contributed by atoms with Crippen molar-refractivity contribution in [3.8, 4) is 11.5 Å². The van der Waals surface area contributed by atoms with E-state index in [9.17, 15) is 14.9 Å². The van der Waals surface area contributed by atoms with Gasteiger partial charge < -0.3 is 14.0 Å². The SMILES string of the molecule is CCCCCCCCn1c(=O)c(OCC=C(C)CCC=C(C)C)c(OCC=C(C)C)c2ccc([N+](=O)[O-])cc21. The summed E-state index contributed by atoms with van der Waals surface area (Å²) in [4.78, 5) is 24.9. The summed E-state index contributed by atoms with van der Waals surface area (Å²) >= 11 is 0. The molecule has 0 unspecified atom stereocenters. The minimum Gasteiger partial charge on any atom is -0.485 e. The summed E-state index contributed by atoms with van der Waals surface area (Å²) in [5.41, 5.74) is 3.68. The standard InChI is InChI=1S/C32H46N2O5/c1-7-8-9-10-11-12-20-33-29-23-27(34(36)37)16-17-28(29)30(38-21-18-25(4)5)31(32(33)35)39-22-19-26(6)15-13-14-24(2)3/h14,16-19,23H,7-13,15,20-22H2,1-6H3. The third-order valence-electron chi connectivity index (χ3n) is 6.58. The molecular formula is C32H46N2O5. The molecule has 0 saturated carbocycles. The van der Waals surface area contributed by atoms with Crippen molar-refractivity contribution in [1.82, 2.24) is 4.57 Å². The van der Waals surface area contributed by atoms with E-state index in [0.29, 0.717) is 23.2 Å². The molecule has 0 bridgehead atoms. The lowest BCUT2D eigenvalue weighted by Crippen LogP contribution is -2.24. The van der Waals surface area contributed by atoms with E-state index in [-0.39, 0.29) is 30.2 Å². The first kappa shape index (κ1) is 31.9. The zero-order valence-electron chi connectivity index (χ0n) is 24.7. The highest BCUT2D eigenvalue weighted by atomic mass is 16.6. The van der Waals surface area contributed by atoms with Gasteiger partial charge in [0.15, 0.2) is 5.75 Å². The number of benzene rings is 1. The molecule has 0 atom stereocenters. The number of nitrogens with zero attached hydrogens (tertiary/aromatic N) is 2. The Hall–Kier alpha value is -3.35. The molecule has 2 aromatic rings. The number of allylic oxidation sites excluding steroid dienone is 4. The highest BCUT2D eigenvalue weighted by Gasteiger charge is 2.21. The normalized spacial score (nSPS) is 11.4. The summed E-state index contributed by atoms with van der Waals surface area (Å²) in [5.74, 6) is 0.482. The Labute approximate surface area is 233 Å². The van der Waals surface area contributed by atoms with E-state index in [1.54, 1.807) is 10.6 Å². The van der Waals surface area contributed by atoms with Gasteiger partial charge in [-0.25, -0.2) is 0 Å². The molecule has 2 rings (SSSR count). The molecule has 0 amide bonds. The predicted octanol–water partition coefficient (Wildman–Crippen LogP) is 8.69. The minimum absolute atomic E-state index is 0.0579. The van der Waals surface area contributed by atoms with Gasteiger partial charge in [0.2, 0.25) is 5.75 Å². The van der Waals surface area contributed by atoms with Crippen molar-refractivity contribution >= 4 is 16.6 Å². The van der Waals surface area contributed by atoms with Crippen LogP contribution in [0.1, 0.15) is 92.9 Å². The van der Waals surface area contributed by atoms with E-state index in [0.717, 1.165) is 37.7 Å². The lowest BCUT2D eigenvalue weighted by atomic mass is 10.1. The first-order valence-electron chi connectivity index (χ1n) is 14.2. The predicted molar refractivity (Wildman–Crippen MR) is 161 cm³/mol. The van der Waals surface area contributed by atoms with Crippen LogP contribution in [0.3, 0.4) is 0 Å². The summed E-state index contributed by atoms with van der Waals surface area (Å²) < 4.78 is 13.8. The first-order chi connectivity index (χ1) is 18.6. The van der Waals surface area contributed by atoms with Gasteiger partial charge in [-0.3, -0.25) is 14.9 Å². The van der Waals surface area contributed by atoms with Crippen LogP contribution < -0.4 is 15.0 Å². The Bertz CT molecular complexity index is 1250. The summed E-state index contributed by atoms with van der Waals surface area (Å²) in [6.45, 7) is 13.3. The maximum absolute atomic E-state index is 13.8. The number of hydrogen-bond donors (Lipinski definition) is 0. The van der Waals surface area contributed by atoms with E-state index in [2.05, 4.69) is 33.8 Å². The van der Waals surface area contributed by atoms with Crippen LogP contribution in [-0.4, -0.2) is 22.7 Å². The molecule has 0 fully saturated rings. The number of unbranched alkanes of at least 4 members (excludes halogenated alkanes) is 5. The Morgan fingerprint density at radius 2 is 1.54 bits per heavy atom. The van der Waals surface area contributed by atoms with Crippen molar-refractivity contribution in [1.29, 1.82) is 0 Å². The molecule has 0 N–H and O–H groups in total. The van der Waals surface area contributed by atoms with E-state index in [1.807, 2.05) is 26.0 Å². The second kappa shape index (κ2) is 16.6. The van der Waals surface area contributed by atoms with Crippen molar-refractivity contribution in [2.75, 3.05) is 13.2 Å². The Morgan fingerprint density at radius 3 is 2.21 bits per heavy atom. The molecule has 0 spiro atoms. The second-order valence-corrected chi connectivity index (χ2v) is 10.6. The average Bonchev–Trinajstić information content (AvgIpc) is 2.88. The smallest absolute Gasteiger partial charge is 0.297 e. The van der Waals surface area contributed by atoms with Gasteiger partial charge in [0.25, 0.3) is 11.2 Å². The number of ether oxygens (including phenoxy) is 2.